The monoisotopic (exact) mass is 281 g/mol. The Balaban J connectivity index is 1.69. The number of carboxylic acids is 1. The van der Waals surface area contributed by atoms with Crippen molar-refractivity contribution in [2.75, 3.05) is 26.3 Å². The van der Waals surface area contributed by atoms with Crippen LogP contribution in [0, 0.1) is 6.92 Å². The number of likely N-dealkylation sites (tertiary alicyclic amines) is 1. The van der Waals surface area contributed by atoms with E-state index in [1.165, 1.54) is 0 Å². The van der Waals surface area contributed by atoms with Gasteiger partial charge in [0.2, 0.25) is 5.76 Å². The van der Waals surface area contributed by atoms with Crippen molar-refractivity contribution in [1.29, 1.82) is 0 Å². The van der Waals surface area contributed by atoms with Crippen molar-refractivity contribution in [3.63, 3.8) is 0 Å². The van der Waals surface area contributed by atoms with E-state index in [2.05, 4.69) is 4.90 Å². The number of hydrogen-bond acceptors (Lipinski definition) is 5. The summed E-state index contributed by atoms with van der Waals surface area (Å²) in [5, 5.41) is 8.95. The molecule has 20 heavy (non-hydrogen) atoms. The van der Waals surface area contributed by atoms with E-state index in [0.717, 1.165) is 31.5 Å². The van der Waals surface area contributed by atoms with E-state index in [1.54, 1.807) is 13.0 Å². The minimum atomic E-state index is -1.03. The zero-order valence-corrected chi connectivity index (χ0v) is 11.6. The summed E-state index contributed by atoms with van der Waals surface area (Å²) >= 11 is 0. The number of rotatable bonds is 3. The van der Waals surface area contributed by atoms with Gasteiger partial charge in [0.15, 0.2) is 5.79 Å². The minimum absolute atomic E-state index is 0.00223. The molecule has 1 N–H and O–H groups in total. The molecule has 0 aromatic carbocycles. The van der Waals surface area contributed by atoms with Crippen molar-refractivity contribution in [2.45, 2.75) is 32.1 Å². The number of ether oxygens (including phenoxy) is 2. The Morgan fingerprint density at radius 2 is 2.20 bits per heavy atom. The van der Waals surface area contributed by atoms with E-state index < -0.39 is 11.8 Å². The summed E-state index contributed by atoms with van der Waals surface area (Å²) in [7, 11) is 0. The molecule has 2 fully saturated rings. The molecule has 3 heterocycles. The Hall–Kier alpha value is -1.37. The first-order chi connectivity index (χ1) is 9.58. The van der Waals surface area contributed by atoms with Gasteiger partial charge in [-0.3, -0.25) is 4.90 Å². The van der Waals surface area contributed by atoms with Crippen LogP contribution in [0.3, 0.4) is 0 Å². The van der Waals surface area contributed by atoms with Gasteiger partial charge in [-0.25, -0.2) is 4.79 Å². The molecule has 0 unspecified atom stereocenters. The SMILES string of the molecule is Cc1oc(C(=O)O)cc1CN1CCCC2(C1)OCCO2. The van der Waals surface area contributed by atoms with Crippen LogP contribution in [0.5, 0.6) is 0 Å². The second kappa shape index (κ2) is 5.20. The first kappa shape index (κ1) is 13.6. The summed E-state index contributed by atoms with van der Waals surface area (Å²) in [4.78, 5) is 13.1. The number of nitrogens with zero attached hydrogens (tertiary/aromatic N) is 1. The van der Waals surface area contributed by atoms with Crippen LogP contribution in [-0.2, 0) is 16.0 Å². The average molecular weight is 281 g/mol. The minimum Gasteiger partial charge on any atom is -0.475 e. The lowest BCUT2D eigenvalue weighted by Gasteiger charge is -2.38. The highest BCUT2D eigenvalue weighted by Crippen LogP contribution is 2.31. The van der Waals surface area contributed by atoms with Crippen LogP contribution in [0.15, 0.2) is 10.5 Å². The fourth-order valence-corrected chi connectivity index (χ4v) is 2.96. The van der Waals surface area contributed by atoms with E-state index in [-0.39, 0.29) is 5.76 Å². The topological polar surface area (TPSA) is 72.1 Å². The Morgan fingerprint density at radius 1 is 1.45 bits per heavy atom. The zero-order valence-electron chi connectivity index (χ0n) is 11.6. The fraction of sp³-hybridized carbons (Fsp3) is 0.643. The largest absolute Gasteiger partial charge is 0.475 e. The molecular weight excluding hydrogens is 262 g/mol. The predicted molar refractivity (Wildman–Crippen MR) is 69.6 cm³/mol. The number of hydrogen-bond donors (Lipinski definition) is 1. The lowest BCUT2D eigenvalue weighted by atomic mass is 10.0. The quantitative estimate of drug-likeness (QED) is 0.907. The van der Waals surface area contributed by atoms with Gasteiger partial charge < -0.3 is 19.0 Å². The number of furan rings is 1. The normalized spacial score (nSPS) is 22.4. The maximum atomic E-state index is 10.9. The van der Waals surface area contributed by atoms with Gasteiger partial charge in [0.05, 0.1) is 19.8 Å². The number of piperidine rings is 1. The molecule has 2 saturated heterocycles. The molecule has 110 valence electrons. The van der Waals surface area contributed by atoms with Crippen LogP contribution in [0.1, 0.15) is 34.7 Å². The van der Waals surface area contributed by atoms with Crippen molar-refractivity contribution in [3.8, 4) is 0 Å². The lowest BCUT2D eigenvalue weighted by Crippen LogP contribution is -2.48. The summed E-state index contributed by atoms with van der Waals surface area (Å²) in [6.45, 7) is 5.45. The third-order valence-corrected chi connectivity index (χ3v) is 3.94. The average Bonchev–Trinajstić information content (AvgIpc) is 2.98. The van der Waals surface area contributed by atoms with Gasteiger partial charge >= 0.3 is 5.97 Å². The van der Waals surface area contributed by atoms with Crippen molar-refractivity contribution in [3.05, 3.63) is 23.2 Å². The van der Waals surface area contributed by atoms with Crippen LogP contribution in [0.4, 0.5) is 0 Å². The molecule has 0 bridgehead atoms. The lowest BCUT2D eigenvalue weighted by molar-refractivity contribution is -0.190. The van der Waals surface area contributed by atoms with Crippen molar-refractivity contribution in [2.24, 2.45) is 0 Å². The van der Waals surface area contributed by atoms with E-state index >= 15 is 0 Å². The molecule has 6 heteroatoms. The van der Waals surface area contributed by atoms with Crippen LogP contribution in [-0.4, -0.2) is 48.1 Å². The second-order valence-electron chi connectivity index (χ2n) is 5.42. The van der Waals surface area contributed by atoms with E-state index in [0.29, 0.717) is 25.5 Å². The molecule has 6 nitrogen and oxygen atoms in total. The van der Waals surface area contributed by atoms with Crippen molar-refractivity contribution < 1.29 is 23.8 Å². The summed E-state index contributed by atoms with van der Waals surface area (Å²) in [6.07, 6.45) is 1.94. The first-order valence-corrected chi connectivity index (χ1v) is 6.91. The van der Waals surface area contributed by atoms with E-state index in [9.17, 15) is 4.79 Å². The van der Waals surface area contributed by atoms with Crippen LogP contribution in [0.2, 0.25) is 0 Å². The molecule has 1 aromatic heterocycles. The van der Waals surface area contributed by atoms with Crippen LogP contribution >= 0.6 is 0 Å². The summed E-state index contributed by atoms with van der Waals surface area (Å²) < 4.78 is 16.7. The van der Waals surface area contributed by atoms with Crippen LogP contribution in [0.25, 0.3) is 0 Å². The molecule has 1 spiro atoms. The summed E-state index contributed by atoms with van der Waals surface area (Å²) in [5.74, 6) is -0.823. The summed E-state index contributed by atoms with van der Waals surface area (Å²) in [5.41, 5.74) is 0.914. The second-order valence-corrected chi connectivity index (χ2v) is 5.42. The number of carbonyl (C=O) groups is 1. The van der Waals surface area contributed by atoms with Gasteiger partial charge in [-0.2, -0.15) is 0 Å². The highest BCUT2D eigenvalue weighted by atomic mass is 16.7. The van der Waals surface area contributed by atoms with E-state index in [1.807, 2.05) is 0 Å². The third kappa shape index (κ3) is 2.59. The number of aromatic carboxylic acids is 1. The first-order valence-electron chi connectivity index (χ1n) is 6.91. The third-order valence-electron chi connectivity index (χ3n) is 3.94. The standard InChI is InChI=1S/C14H19NO5/c1-10-11(7-12(20-10)13(16)17)8-15-4-2-3-14(9-15)18-5-6-19-14/h7H,2-6,8-9H2,1H3,(H,16,17). The van der Waals surface area contributed by atoms with Gasteiger partial charge in [-0.05, 0) is 26.0 Å². The van der Waals surface area contributed by atoms with Gasteiger partial charge in [-0.1, -0.05) is 0 Å². The fourth-order valence-electron chi connectivity index (χ4n) is 2.96. The Morgan fingerprint density at radius 3 is 2.85 bits per heavy atom. The molecule has 2 aliphatic heterocycles. The number of aryl methyl sites for hydroxylation is 1. The van der Waals surface area contributed by atoms with Gasteiger partial charge in [0.25, 0.3) is 0 Å². The molecule has 0 saturated carbocycles. The van der Waals surface area contributed by atoms with Crippen LogP contribution < -0.4 is 0 Å². The summed E-state index contributed by atoms with van der Waals surface area (Å²) in [6, 6.07) is 1.61. The zero-order chi connectivity index (χ0) is 14.2. The van der Waals surface area contributed by atoms with Crippen molar-refractivity contribution >= 4 is 5.97 Å². The van der Waals surface area contributed by atoms with Gasteiger partial charge in [0, 0.05) is 18.5 Å². The van der Waals surface area contributed by atoms with Crippen molar-refractivity contribution in [1.82, 2.24) is 4.90 Å². The molecule has 0 amide bonds. The predicted octanol–water partition coefficient (Wildman–Crippen LogP) is 1.63. The molecule has 1 aromatic rings. The Labute approximate surface area is 117 Å². The van der Waals surface area contributed by atoms with E-state index in [4.69, 9.17) is 19.0 Å². The molecular formula is C14H19NO5. The van der Waals surface area contributed by atoms with Gasteiger partial charge in [-0.15, -0.1) is 0 Å². The molecule has 2 aliphatic rings. The highest BCUT2D eigenvalue weighted by Gasteiger charge is 2.40. The maximum absolute atomic E-state index is 10.9. The van der Waals surface area contributed by atoms with Gasteiger partial charge in [0.1, 0.15) is 5.76 Å². The maximum Gasteiger partial charge on any atom is 0.371 e. The molecule has 0 atom stereocenters. The molecule has 3 rings (SSSR count). The Bertz CT molecular complexity index is 504. The number of carboxylic acid groups (broad SMARTS) is 1. The highest BCUT2D eigenvalue weighted by molar-refractivity contribution is 5.84. The Kier molecular flexibility index (Phi) is 3.54. The smallest absolute Gasteiger partial charge is 0.371 e. The molecule has 0 radical (unpaired) electrons. The molecule has 0 aliphatic carbocycles.